The minimum absolute atomic E-state index is 0.122. The summed E-state index contributed by atoms with van der Waals surface area (Å²) in [6, 6.07) is 0.722. The van der Waals surface area contributed by atoms with Gasteiger partial charge in [0.05, 0.1) is 5.92 Å². The van der Waals surface area contributed by atoms with Gasteiger partial charge in [-0.2, -0.15) is 0 Å². The third-order valence-corrected chi connectivity index (χ3v) is 8.19. The number of hydrogen-bond acceptors (Lipinski definition) is 3. The van der Waals surface area contributed by atoms with E-state index in [1.54, 1.807) is 0 Å². The Morgan fingerprint density at radius 1 is 0.759 bits per heavy atom. The molecule has 0 N–H and O–H groups in total. The summed E-state index contributed by atoms with van der Waals surface area (Å²) < 4.78 is 5.95. The molecule has 0 radical (unpaired) electrons. The highest BCUT2D eigenvalue weighted by Crippen LogP contribution is 2.34. The Kier molecular flexibility index (Phi) is 9.82. The number of esters is 1. The van der Waals surface area contributed by atoms with Crippen molar-refractivity contribution < 1.29 is 9.53 Å². The van der Waals surface area contributed by atoms with E-state index >= 15 is 0 Å². The summed E-state index contributed by atoms with van der Waals surface area (Å²) in [7, 11) is 0. The Balaban J connectivity index is 1.31. The summed E-state index contributed by atoms with van der Waals surface area (Å²) in [4.78, 5) is 15.4. The number of carbonyl (C=O) groups excluding carboxylic acids is 1. The van der Waals surface area contributed by atoms with E-state index in [9.17, 15) is 4.79 Å². The van der Waals surface area contributed by atoms with Crippen LogP contribution in [-0.4, -0.2) is 36.1 Å². The van der Waals surface area contributed by atoms with E-state index in [0.717, 1.165) is 43.6 Å². The van der Waals surface area contributed by atoms with Crippen LogP contribution in [0.5, 0.6) is 0 Å². The van der Waals surface area contributed by atoms with Crippen LogP contribution in [0.25, 0.3) is 0 Å². The standard InChI is InChI=1S/C26H47NO2/c1-3-5-6-8-22-17-19-27(20-18-22)24-13-11-23(12-14-24)26(28)29-25-15-9-21(7-4-2)10-16-25/h21-25H,3-20H2,1-2H3. The van der Waals surface area contributed by atoms with Gasteiger partial charge in [0.1, 0.15) is 6.10 Å². The van der Waals surface area contributed by atoms with Crippen molar-refractivity contribution in [2.45, 2.75) is 129 Å². The van der Waals surface area contributed by atoms with Gasteiger partial charge in [0.2, 0.25) is 0 Å². The summed E-state index contributed by atoms with van der Waals surface area (Å²) in [5, 5.41) is 0. The maximum atomic E-state index is 12.7. The second kappa shape index (κ2) is 12.3. The van der Waals surface area contributed by atoms with Gasteiger partial charge in [0.15, 0.2) is 0 Å². The van der Waals surface area contributed by atoms with Crippen molar-refractivity contribution in [1.29, 1.82) is 0 Å². The third kappa shape index (κ3) is 7.26. The van der Waals surface area contributed by atoms with Crippen LogP contribution in [0.4, 0.5) is 0 Å². The van der Waals surface area contributed by atoms with Crippen molar-refractivity contribution in [1.82, 2.24) is 4.90 Å². The fourth-order valence-corrected chi connectivity index (χ4v) is 6.17. The van der Waals surface area contributed by atoms with Gasteiger partial charge in [-0.05, 0) is 89.1 Å². The van der Waals surface area contributed by atoms with Crippen LogP contribution in [0.15, 0.2) is 0 Å². The molecule has 0 bridgehead atoms. The van der Waals surface area contributed by atoms with Gasteiger partial charge in [-0.15, -0.1) is 0 Å². The average molecular weight is 406 g/mol. The Bertz CT molecular complexity index is 455. The van der Waals surface area contributed by atoms with Crippen molar-refractivity contribution in [3.05, 3.63) is 0 Å². The lowest BCUT2D eigenvalue weighted by Crippen LogP contribution is -2.44. The number of hydrogen-bond donors (Lipinski definition) is 0. The van der Waals surface area contributed by atoms with Gasteiger partial charge >= 0.3 is 5.97 Å². The van der Waals surface area contributed by atoms with Crippen LogP contribution < -0.4 is 0 Å². The summed E-state index contributed by atoms with van der Waals surface area (Å²) in [6.07, 6.45) is 20.4. The first-order valence-corrected chi connectivity index (χ1v) is 13.1. The summed E-state index contributed by atoms with van der Waals surface area (Å²) in [6.45, 7) is 7.15. The zero-order valence-corrected chi connectivity index (χ0v) is 19.4. The maximum absolute atomic E-state index is 12.7. The van der Waals surface area contributed by atoms with E-state index in [2.05, 4.69) is 18.7 Å². The van der Waals surface area contributed by atoms with Crippen LogP contribution in [0.1, 0.15) is 117 Å². The maximum Gasteiger partial charge on any atom is 0.309 e. The largest absolute Gasteiger partial charge is 0.462 e. The zero-order chi connectivity index (χ0) is 20.5. The van der Waals surface area contributed by atoms with E-state index in [-0.39, 0.29) is 18.0 Å². The lowest BCUT2D eigenvalue weighted by molar-refractivity contribution is -0.157. The zero-order valence-electron chi connectivity index (χ0n) is 19.4. The SMILES string of the molecule is CCCCCC1CCN(C2CCC(C(=O)OC3CCC(CCC)CC3)CC2)CC1. The molecule has 29 heavy (non-hydrogen) atoms. The molecule has 0 aromatic rings. The van der Waals surface area contributed by atoms with Crippen LogP contribution in [0, 0.1) is 17.8 Å². The number of unbranched alkanes of at least 4 members (excludes halogenated alkanes) is 2. The van der Waals surface area contributed by atoms with Crippen LogP contribution in [-0.2, 0) is 9.53 Å². The predicted octanol–water partition coefficient (Wildman–Crippen LogP) is 6.74. The molecule has 3 nitrogen and oxygen atoms in total. The summed E-state index contributed by atoms with van der Waals surface area (Å²) >= 11 is 0. The molecule has 0 atom stereocenters. The number of likely N-dealkylation sites (tertiary alicyclic amines) is 1. The van der Waals surface area contributed by atoms with Crippen molar-refractivity contribution in [3.8, 4) is 0 Å². The van der Waals surface area contributed by atoms with E-state index in [1.165, 1.54) is 90.1 Å². The van der Waals surface area contributed by atoms with Crippen molar-refractivity contribution in [2.24, 2.45) is 17.8 Å². The summed E-state index contributed by atoms with van der Waals surface area (Å²) in [5.41, 5.74) is 0. The topological polar surface area (TPSA) is 29.5 Å². The molecule has 2 aliphatic carbocycles. The van der Waals surface area contributed by atoms with Gasteiger partial charge in [-0.25, -0.2) is 0 Å². The van der Waals surface area contributed by atoms with Crippen LogP contribution >= 0.6 is 0 Å². The van der Waals surface area contributed by atoms with Crippen molar-refractivity contribution >= 4 is 5.97 Å². The molecule has 0 unspecified atom stereocenters. The van der Waals surface area contributed by atoms with E-state index < -0.39 is 0 Å². The number of ether oxygens (including phenoxy) is 1. The smallest absolute Gasteiger partial charge is 0.309 e. The molecule has 2 saturated carbocycles. The Morgan fingerprint density at radius 3 is 2.03 bits per heavy atom. The number of nitrogens with zero attached hydrogens (tertiary/aromatic N) is 1. The predicted molar refractivity (Wildman–Crippen MR) is 121 cm³/mol. The first-order valence-electron chi connectivity index (χ1n) is 13.1. The Hall–Kier alpha value is -0.570. The minimum Gasteiger partial charge on any atom is -0.462 e. The van der Waals surface area contributed by atoms with Crippen molar-refractivity contribution in [3.63, 3.8) is 0 Å². The second-order valence-electron chi connectivity index (χ2n) is 10.3. The van der Waals surface area contributed by atoms with Crippen LogP contribution in [0.2, 0.25) is 0 Å². The summed E-state index contributed by atoms with van der Waals surface area (Å²) in [5.74, 6) is 2.14. The highest BCUT2D eigenvalue weighted by atomic mass is 16.5. The Morgan fingerprint density at radius 2 is 1.41 bits per heavy atom. The monoisotopic (exact) mass is 405 g/mol. The fraction of sp³-hybridized carbons (Fsp3) is 0.962. The molecule has 1 aliphatic heterocycles. The molecule has 3 heteroatoms. The quantitative estimate of drug-likeness (QED) is 0.314. The Labute approximate surface area is 180 Å². The van der Waals surface area contributed by atoms with Gasteiger partial charge in [0.25, 0.3) is 0 Å². The van der Waals surface area contributed by atoms with Gasteiger partial charge < -0.3 is 9.64 Å². The number of carbonyl (C=O) groups is 1. The fourth-order valence-electron chi connectivity index (χ4n) is 6.17. The molecule has 0 spiro atoms. The molecular weight excluding hydrogens is 358 g/mol. The van der Waals surface area contributed by atoms with Gasteiger partial charge in [-0.3, -0.25) is 4.79 Å². The molecule has 0 amide bonds. The lowest BCUT2D eigenvalue weighted by Gasteiger charge is -2.40. The number of piperidine rings is 1. The molecule has 3 aliphatic rings. The molecule has 168 valence electrons. The van der Waals surface area contributed by atoms with E-state index in [4.69, 9.17) is 4.74 Å². The highest BCUT2D eigenvalue weighted by Gasteiger charge is 2.33. The molecule has 1 saturated heterocycles. The highest BCUT2D eigenvalue weighted by molar-refractivity contribution is 5.72. The lowest BCUT2D eigenvalue weighted by atomic mass is 9.83. The molecule has 0 aromatic carbocycles. The minimum atomic E-state index is 0.122. The van der Waals surface area contributed by atoms with Crippen molar-refractivity contribution in [2.75, 3.05) is 13.1 Å². The number of rotatable bonds is 9. The van der Waals surface area contributed by atoms with E-state index in [0.29, 0.717) is 0 Å². The first kappa shape index (κ1) is 23.1. The molecular formula is C26H47NO2. The third-order valence-electron chi connectivity index (χ3n) is 8.19. The second-order valence-corrected chi connectivity index (χ2v) is 10.3. The van der Waals surface area contributed by atoms with Gasteiger partial charge in [0, 0.05) is 6.04 Å². The molecule has 0 aromatic heterocycles. The molecule has 3 rings (SSSR count). The normalized spacial score (nSPS) is 32.2. The van der Waals surface area contributed by atoms with E-state index in [1.807, 2.05) is 0 Å². The van der Waals surface area contributed by atoms with Gasteiger partial charge in [-0.1, -0.05) is 52.4 Å². The van der Waals surface area contributed by atoms with Crippen LogP contribution in [0.3, 0.4) is 0 Å². The molecule has 1 heterocycles. The molecule has 3 fully saturated rings. The average Bonchev–Trinajstić information content (AvgIpc) is 2.76. The first-order chi connectivity index (χ1) is 14.2.